The second-order valence-electron chi connectivity index (χ2n) is 8.81. The Balaban J connectivity index is 1.75. The summed E-state index contributed by atoms with van der Waals surface area (Å²) in [5.41, 5.74) is 4.15. The van der Waals surface area contributed by atoms with Crippen LogP contribution in [0.3, 0.4) is 0 Å². The summed E-state index contributed by atoms with van der Waals surface area (Å²) < 4.78 is 5.62. The van der Waals surface area contributed by atoms with E-state index in [1.54, 1.807) is 42.6 Å². The van der Waals surface area contributed by atoms with Crippen LogP contribution in [0.2, 0.25) is 5.02 Å². The minimum absolute atomic E-state index is 0.0185. The highest BCUT2D eigenvalue weighted by molar-refractivity contribution is 6.52. The van der Waals surface area contributed by atoms with E-state index >= 15 is 0 Å². The number of ether oxygens (including phenoxy) is 1. The second kappa shape index (κ2) is 9.21. The van der Waals surface area contributed by atoms with Crippen molar-refractivity contribution >= 4 is 45.6 Å². The number of aromatic amines is 1. The molecule has 1 aliphatic heterocycles. The second-order valence-corrected chi connectivity index (χ2v) is 9.21. The van der Waals surface area contributed by atoms with Gasteiger partial charge in [0, 0.05) is 38.9 Å². The number of halogens is 1. The maximum atomic E-state index is 13.5. The third-order valence-electron chi connectivity index (χ3n) is 6.54. The Morgan fingerprint density at radius 3 is 2.56 bits per heavy atom. The van der Waals surface area contributed by atoms with Crippen molar-refractivity contribution in [3.8, 4) is 5.75 Å². The fourth-order valence-electron chi connectivity index (χ4n) is 4.71. The van der Waals surface area contributed by atoms with E-state index in [0.29, 0.717) is 34.2 Å². The van der Waals surface area contributed by atoms with E-state index in [9.17, 15) is 14.7 Å². The lowest BCUT2D eigenvalue weighted by molar-refractivity contribution is -0.132. The normalized spacial score (nSPS) is 17.2. The van der Waals surface area contributed by atoms with Crippen LogP contribution in [0.25, 0.3) is 16.7 Å². The average molecular weight is 501 g/mol. The van der Waals surface area contributed by atoms with Crippen molar-refractivity contribution < 1.29 is 19.4 Å². The van der Waals surface area contributed by atoms with E-state index < -0.39 is 17.7 Å². The minimum atomic E-state index is -0.855. The highest BCUT2D eigenvalue weighted by atomic mass is 35.5. The van der Waals surface area contributed by atoms with Gasteiger partial charge in [0.05, 0.1) is 18.2 Å². The predicted octanol–water partition coefficient (Wildman–Crippen LogP) is 6.46. The Labute approximate surface area is 213 Å². The number of nitrogens with zero attached hydrogens (tertiary/aromatic N) is 1. The number of fused-ring (bicyclic) bond motifs is 1. The molecule has 6 nitrogen and oxygen atoms in total. The maximum absolute atomic E-state index is 13.5. The molecule has 0 aliphatic carbocycles. The predicted molar refractivity (Wildman–Crippen MR) is 142 cm³/mol. The number of aliphatic hydroxyl groups excluding tert-OH is 1. The molecule has 1 aromatic heterocycles. The number of amides is 1. The van der Waals surface area contributed by atoms with Crippen LogP contribution in [0, 0.1) is 13.8 Å². The Morgan fingerprint density at radius 1 is 1.06 bits per heavy atom. The molecular weight excluding hydrogens is 476 g/mol. The average Bonchev–Trinajstić information content (AvgIpc) is 3.40. The molecule has 1 fully saturated rings. The van der Waals surface area contributed by atoms with Gasteiger partial charge in [0.1, 0.15) is 11.5 Å². The van der Waals surface area contributed by atoms with E-state index in [1.807, 2.05) is 45.0 Å². The topological polar surface area (TPSA) is 82.6 Å². The Morgan fingerprint density at radius 2 is 1.83 bits per heavy atom. The number of rotatable bonds is 5. The molecule has 2 N–H and O–H groups in total. The lowest BCUT2D eigenvalue weighted by Crippen LogP contribution is -2.29. The molecule has 182 valence electrons. The van der Waals surface area contributed by atoms with Crippen LogP contribution in [0.15, 0.2) is 72.4 Å². The molecule has 1 amide bonds. The van der Waals surface area contributed by atoms with E-state index in [1.165, 1.54) is 4.90 Å². The molecule has 1 atom stereocenters. The number of aryl methyl sites for hydroxylation is 2. The van der Waals surface area contributed by atoms with E-state index in [4.69, 9.17) is 16.3 Å². The van der Waals surface area contributed by atoms with Crippen molar-refractivity contribution in [1.82, 2.24) is 4.98 Å². The summed E-state index contributed by atoms with van der Waals surface area (Å²) >= 11 is 6.39. The molecule has 1 unspecified atom stereocenters. The van der Waals surface area contributed by atoms with Crippen molar-refractivity contribution in [3.05, 3.63) is 99.7 Å². The molecule has 0 spiro atoms. The summed E-state index contributed by atoms with van der Waals surface area (Å²) in [6, 6.07) is 17.2. The highest BCUT2D eigenvalue weighted by Gasteiger charge is 2.47. The molecule has 0 saturated carbocycles. The monoisotopic (exact) mass is 500 g/mol. The molecule has 2 heterocycles. The smallest absolute Gasteiger partial charge is 0.300 e. The first kappa shape index (κ1) is 23.7. The van der Waals surface area contributed by atoms with Crippen molar-refractivity contribution in [3.63, 3.8) is 0 Å². The number of H-pyrrole nitrogens is 1. The van der Waals surface area contributed by atoms with Crippen LogP contribution in [-0.4, -0.2) is 28.4 Å². The van der Waals surface area contributed by atoms with Gasteiger partial charge in [-0.25, -0.2) is 0 Å². The van der Waals surface area contributed by atoms with Crippen LogP contribution in [-0.2, 0) is 9.59 Å². The summed E-state index contributed by atoms with van der Waals surface area (Å²) in [5, 5.41) is 12.8. The van der Waals surface area contributed by atoms with Crippen LogP contribution in [0.5, 0.6) is 5.75 Å². The Bertz CT molecular complexity index is 1550. The molecule has 0 radical (unpaired) electrons. The van der Waals surface area contributed by atoms with Crippen LogP contribution in [0.4, 0.5) is 5.69 Å². The van der Waals surface area contributed by atoms with Gasteiger partial charge < -0.3 is 14.8 Å². The number of hydrogen-bond acceptors (Lipinski definition) is 4. The van der Waals surface area contributed by atoms with Gasteiger partial charge >= 0.3 is 0 Å². The number of Topliss-reactive ketones (excluding diaryl/α,β-unsaturated/α-hetero) is 1. The summed E-state index contributed by atoms with van der Waals surface area (Å²) in [5.74, 6) is -1.03. The highest BCUT2D eigenvalue weighted by Crippen LogP contribution is 2.45. The zero-order chi connectivity index (χ0) is 25.6. The zero-order valence-corrected chi connectivity index (χ0v) is 20.9. The SMILES string of the molecule is CCOc1ccc(/C(O)=C2\C(=O)C(=O)N(c3ccc(C)c(Cl)c3)C2c2c[nH]c3ccccc23)cc1C. The van der Waals surface area contributed by atoms with Crippen LogP contribution < -0.4 is 9.64 Å². The molecule has 1 aliphatic rings. The van der Waals surface area contributed by atoms with Gasteiger partial charge in [-0.15, -0.1) is 0 Å². The van der Waals surface area contributed by atoms with Crippen molar-refractivity contribution in [2.24, 2.45) is 0 Å². The third kappa shape index (κ3) is 3.84. The largest absolute Gasteiger partial charge is 0.507 e. The van der Waals surface area contributed by atoms with Gasteiger partial charge in [0.25, 0.3) is 11.7 Å². The molecule has 3 aromatic carbocycles. The first-order valence-corrected chi connectivity index (χ1v) is 12.1. The van der Waals surface area contributed by atoms with Gasteiger partial charge in [0.15, 0.2) is 0 Å². The Hall–Kier alpha value is -4.03. The molecule has 7 heteroatoms. The van der Waals surface area contributed by atoms with Crippen LogP contribution in [0.1, 0.15) is 35.2 Å². The summed E-state index contributed by atoms with van der Waals surface area (Å²) in [4.78, 5) is 31.6. The number of aliphatic hydroxyl groups is 1. The maximum Gasteiger partial charge on any atom is 0.300 e. The van der Waals surface area contributed by atoms with E-state index in [2.05, 4.69) is 4.98 Å². The molecule has 1 saturated heterocycles. The number of benzene rings is 3. The number of hydrogen-bond donors (Lipinski definition) is 2. The summed E-state index contributed by atoms with van der Waals surface area (Å²) in [7, 11) is 0. The van der Waals surface area contributed by atoms with Gasteiger partial charge in [-0.2, -0.15) is 0 Å². The van der Waals surface area contributed by atoms with Crippen molar-refractivity contribution in [2.75, 3.05) is 11.5 Å². The standard InChI is InChI=1S/C29H25ClN2O4/c1-4-36-24-12-10-18(13-17(24)3)27(33)25-26(21-15-31-23-8-6-5-7-20(21)23)32(29(35)28(25)34)19-11-9-16(2)22(30)14-19/h5-15,26,31,33H,4H2,1-3H3/b27-25+. The third-order valence-corrected chi connectivity index (χ3v) is 6.95. The van der Waals surface area contributed by atoms with Gasteiger partial charge in [-0.1, -0.05) is 35.9 Å². The first-order valence-electron chi connectivity index (χ1n) is 11.7. The fourth-order valence-corrected chi connectivity index (χ4v) is 4.89. The number of aromatic nitrogens is 1. The lowest BCUT2D eigenvalue weighted by Gasteiger charge is -2.25. The zero-order valence-electron chi connectivity index (χ0n) is 20.1. The molecule has 5 rings (SSSR count). The van der Waals surface area contributed by atoms with Gasteiger partial charge in [0.2, 0.25) is 0 Å². The van der Waals surface area contributed by atoms with Gasteiger partial charge in [-0.05, 0) is 68.3 Å². The number of ketones is 1. The minimum Gasteiger partial charge on any atom is -0.507 e. The molecule has 0 bridgehead atoms. The van der Waals surface area contributed by atoms with Crippen LogP contribution >= 0.6 is 11.6 Å². The molecule has 36 heavy (non-hydrogen) atoms. The first-order chi connectivity index (χ1) is 17.3. The van der Waals surface area contributed by atoms with Crippen molar-refractivity contribution in [1.29, 1.82) is 0 Å². The van der Waals surface area contributed by atoms with E-state index in [0.717, 1.165) is 22.0 Å². The number of para-hydroxylation sites is 1. The summed E-state index contributed by atoms with van der Waals surface area (Å²) in [6.45, 7) is 6.14. The lowest BCUT2D eigenvalue weighted by atomic mass is 9.94. The fraction of sp³-hybridized carbons (Fsp3) is 0.172. The number of anilines is 1. The quantitative estimate of drug-likeness (QED) is 0.187. The summed E-state index contributed by atoms with van der Waals surface area (Å²) in [6.07, 6.45) is 1.78. The number of nitrogens with one attached hydrogen (secondary N) is 1. The number of carbonyl (C=O) groups excluding carboxylic acids is 2. The van der Waals surface area contributed by atoms with Crippen molar-refractivity contribution in [2.45, 2.75) is 26.8 Å². The van der Waals surface area contributed by atoms with E-state index in [-0.39, 0.29) is 11.3 Å². The Kier molecular flexibility index (Phi) is 6.06. The molecule has 4 aromatic rings. The molecular formula is C29H25ClN2O4. The van der Waals surface area contributed by atoms with Gasteiger partial charge in [-0.3, -0.25) is 14.5 Å². The number of carbonyl (C=O) groups is 2.